The molecule has 0 fully saturated rings. The Kier molecular flexibility index (Phi) is 3.19. The first-order chi connectivity index (χ1) is 11.3. The van der Waals surface area contributed by atoms with E-state index in [0.717, 1.165) is 5.39 Å². The molecule has 0 atom stereocenters. The molecule has 2 aromatic heterocycles. The molecule has 1 aromatic carbocycles. The lowest BCUT2D eigenvalue weighted by atomic mass is 10.2. The van der Waals surface area contributed by atoms with E-state index in [1.54, 1.807) is 6.07 Å². The Morgan fingerprint density at radius 1 is 1.13 bits per heavy atom. The summed E-state index contributed by atoms with van der Waals surface area (Å²) >= 11 is 0. The Morgan fingerprint density at radius 3 is 2.87 bits per heavy atom. The summed E-state index contributed by atoms with van der Waals surface area (Å²) < 4.78 is 21.2. The summed E-state index contributed by atoms with van der Waals surface area (Å²) in [5.74, 6) is 0.131. The van der Waals surface area contributed by atoms with Gasteiger partial charge in [0.25, 0.3) is 11.8 Å². The third-order valence-corrected chi connectivity index (χ3v) is 3.15. The molecule has 0 saturated carbocycles. The van der Waals surface area contributed by atoms with Gasteiger partial charge in [0.2, 0.25) is 5.76 Å². The van der Waals surface area contributed by atoms with Crippen molar-refractivity contribution in [2.24, 2.45) is 0 Å². The van der Waals surface area contributed by atoms with Crippen molar-refractivity contribution >= 4 is 22.9 Å². The standard InChI is InChI=1S/C15H11N3O5/c19-13(12-8-20-5-6-21-12)16-15-18-17-14(23-15)11-7-9-3-1-2-4-10(9)22-11/h1-4,7-8H,5-6H2,(H,16,18,19). The number of aromatic nitrogens is 2. The van der Waals surface area contributed by atoms with Gasteiger partial charge in [0.05, 0.1) is 0 Å². The SMILES string of the molecule is O=C(Nc1nnc(-c2cc3ccccc3o2)o1)C1=COCCO1. The van der Waals surface area contributed by atoms with Crippen LogP contribution in [0.4, 0.5) is 6.01 Å². The van der Waals surface area contributed by atoms with E-state index in [1.165, 1.54) is 6.26 Å². The largest absolute Gasteiger partial charge is 0.494 e. The highest BCUT2D eigenvalue weighted by atomic mass is 16.6. The molecule has 1 amide bonds. The molecule has 0 spiro atoms. The lowest BCUT2D eigenvalue weighted by Crippen LogP contribution is -2.21. The normalized spacial score (nSPS) is 14.0. The highest BCUT2D eigenvalue weighted by molar-refractivity contribution is 6.00. The van der Waals surface area contributed by atoms with Crippen LogP contribution in [0.2, 0.25) is 0 Å². The molecule has 0 aliphatic carbocycles. The molecule has 0 bridgehead atoms. The highest BCUT2D eigenvalue weighted by Gasteiger charge is 2.19. The zero-order chi connectivity index (χ0) is 15.6. The molecule has 1 N–H and O–H groups in total. The lowest BCUT2D eigenvalue weighted by molar-refractivity contribution is -0.117. The molecule has 1 aliphatic heterocycles. The van der Waals surface area contributed by atoms with Gasteiger partial charge in [-0.1, -0.05) is 23.3 Å². The van der Waals surface area contributed by atoms with E-state index in [9.17, 15) is 4.79 Å². The number of furan rings is 1. The van der Waals surface area contributed by atoms with E-state index in [4.69, 9.17) is 18.3 Å². The molecule has 8 heteroatoms. The Morgan fingerprint density at radius 2 is 2.04 bits per heavy atom. The van der Waals surface area contributed by atoms with Gasteiger partial charge in [-0.05, 0) is 12.1 Å². The van der Waals surface area contributed by atoms with Gasteiger partial charge in [0.1, 0.15) is 25.1 Å². The van der Waals surface area contributed by atoms with Crippen molar-refractivity contribution in [2.75, 3.05) is 18.5 Å². The zero-order valence-electron chi connectivity index (χ0n) is 11.8. The van der Waals surface area contributed by atoms with Crippen LogP contribution in [0, 0.1) is 0 Å². The fraction of sp³-hybridized carbons (Fsp3) is 0.133. The summed E-state index contributed by atoms with van der Waals surface area (Å²) in [5.41, 5.74) is 0.712. The fourth-order valence-electron chi connectivity index (χ4n) is 2.11. The topological polar surface area (TPSA) is 99.6 Å². The number of benzene rings is 1. The number of hydrogen-bond donors (Lipinski definition) is 1. The summed E-state index contributed by atoms with van der Waals surface area (Å²) in [5, 5.41) is 11.0. The Labute approximate surface area is 129 Å². The quantitative estimate of drug-likeness (QED) is 0.792. The monoisotopic (exact) mass is 313 g/mol. The number of nitrogens with zero attached hydrogens (tertiary/aromatic N) is 2. The number of carbonyl (C=O) groups excluding carboxylic acids is 1. The van der Waals surface area contributed by atoms with E-state index >= 15 is 0 Å². The summed E-state index contributed by atoms with van der Waals surface area (Å²) in [7, 11) is 0. The number of amides is 1. The number of para-hydroxylation sites is 1. The number of fused-ring (bicyclic) bond motifs is 1. The molecule has 3 heterocycles. The van der Waals surface area contributed by atoms with Crippen LogP contribution in [0.3, 0.4) is 0 Å². The second kappa shape index (κ2) is 5.48. The van der Waals surface area contributed by atoms with E-state index < -0.39 is 5.91 Å². The summed E-state index contributed by atoms with van der Waals surface area (Å²) in [6.45, 7) is 0.723. The van der Waals surface area contributed by atoms with Crippen molar-refractivity contribution in [1.29, 1.82) is 0 Å². The first-order valence-corrected chi connectivity index (χ1v) is 6.88. The van der Waals surface area contributed by atoms with Crippen LogP contribution >= 0.6 is 0 Å². The van der Waals surface area contributed by atoms with Crippen LogP contribution in [0.5, 0.6) is 0 Å². The maximum atomic E-state index is 11.9. The van der Waals surface area contributed by atoms with Gasteiger partial charge in [0, 0.05) is 5.39 Å². The minimum Gasteiger partial charge on any atom is -0.494 e. The van der Waals surface area contributed by atoms with Crippen molar-refractivity contribution in [3.8, 4) is 11.7 Å². The number of anilines is 1. The van der Waals surface area contributed by atoms with Crippen molar-refractivity contribution in [2.45, 2.75) is 0 Å². The van der Waals surface area contributed by atoms with Gasteiger partial charge in [-0.2, -0.15) is 0 Å². The van der Waals surface area contributed by atoms with Gasteiger partial charge in [-0.15, -0.1) is 5.10 Å². The average Bonchev–Trinajstić information content (AvgIpc) is 3.21. The van der Waals surface area contributed by atoms with Crippen molar-refractivity contribution in [1.82, 2.24) is 10.2 Å². The number of rotatable bonds is 3. The third-order valence-electron chi connectivity index (χ3n) is 3.15. The molecule has 23 heavy (non-hydrogen) atoms. The van der Waals surface area contributed by atoms with Crippen LogP contribution in [0.25, 0.3) is 22.6 Å². The molecule has 0 unspecified atom stereocenters. The van der Waals surface area contributed by atoms with Crippen LogP contribution in [0.15, 0.2) is 51.2 Å². The van der Waals surface area contributed by atoms with E-state index in [-0.39, 0.29) is 17.7 Å². The Balaban J connectivity index is 1.54. The number of hydrogen-bond acceptors (Lipinski definition) is 7. The molecular formula is C15H11N3O5. The van der Waals surface area contributed by atoms with Gasteiger partial charge < -0.3 is 18.3 Å². The zero-order valence-corrected chi connectivity index (χ0v) is 11.8. The van der Waals surface area contributed by atoms with Gasteiger partial charge in [-0.3, -0.25) is 10.1 Å². The molecular weight excluding hydrogens is 302 g/mol. The Hall–Kier alpha value is -3.29. The maximum Gasteiger partial charge on any atom is 0.323 e. The third kappa shape index (κ3) is 2.61. The average molecular weight is 313 g/mol. The molecule has 3 aromatic rings. The lowest BCUT2D eigenvalue weighted by Gasteiger charge is -2.13. The van der Waals surface area contributed by atoms with Crippen LogP contribution < -0.4 is 5.32 Å². The van der Waals surface area contributed by atoms with E-state index in [1.807, 2.05) is 24.3 Å². The number of nitrogens with one attached hydrogen (secondary N) is 1. The van der Waals surface area contributed by atoms with Crippen molar-refractivity contribution in [3.63, 3.8) is 0 Å². The second-order valence-electron chi connectivity index (χ2n) is 4.72. The molecule has 1 aliphatic rings. The van der Waals surface area contributed by atoms with E-state index in [0.29, 0.717) is 24.6 Å². The molecule has 8 nitrogen and oxygen atoms in total. The van der Waals surface area contributed by atoms with Gasteiger partial charge >= 0.3 is 6.01 Å². The van der Waals surface area contributed by atoms with Crippen LogP contribution in [0.1, 0.15) is 0 Å². The summed E-state index contributed by atoms with van der Waals surface area (Å²) in [6, 6.07) is 9.25. The van der Waals surface area contributed by atoms with Crippen molar-refractivity contribution in [3.05, 3.63) is 42.4 Å². The minimum absolute atomic E-state index is 0.0551. The minimum atomic E-state index is -0.524. The molecule has 0 saturated heterocycles. The first-order valence-electron chi connectivity index (χ1n) is 6.88. The second-order valence-corrected chi connectivity index (χ2v) is 4.72. The van der Waals surface area contributed by atoms with Gasteiger partial charge in [-0.25, -0.2) is 0 Å². The smallest absolute Gasteiger partial charge is 0.323 e. The number of ether oxygens (including phenoxy) is 2. The summed E-state index contributed by atoms with van der Waals surface area (Å²) in [6.07, 6.45) is 1.25. The molecule has 4 rings (SSSR count). The van der Waals surface area contributed by atoms with E-state index in [2.05, 4.69) is 15.5 Å². The highest BCUT2D eigenvalue weighted by Crippen LogP contribution is 2.27. The fourth-order valence-corrected chi connectivity index (χ4v) is 2.11. The van der Waals surface area contributed by atoms with Crippen LogP contribution in [-0.2, 0) is 14.3 Å². The summed E-state index contributed by atoms with van der Waals surface area (Å²) in [4.78, 5) is 11.9. The predicted octanol–water partition coefficient (Wildman–Crippen LogP) is 2.31. The van der Waals surface area contributed by atoms with Gasteiger partial charge in [0.15, 0.2) is 5.76 Å². The Bertz CT molecular complexity index is 862. The van der Waals surface area contributed by atoms with Crippen LogP contribution in [-0.4, -0.2) is 29.3 Å². The maximum absolute atomic E-state index is 11.9. The van der Waals surface area contributed by atoms with Crippen molar-refractivity contribution < 1.29 is 23.1 Å². The number of carbonyl (C=O) groups is 1. The predicted molar refractivity (Wildman–Crippen MR) is 78.1 cm³/mol. The first kappa shape index (κ1) is 13.4. The molecule has 116 valence electrons. The molecule has 0 radical (unpaired) electrons.